The van der Waals surface area contributed by atoms with Crippen LogP contribution in [0.15, 0.2) is 42.5 Å². The zero-order chi connectivity index (χ0) is 11.5. The van der Waals surface area contributed by atoms with Gasteiger partial charge in [0, 0.05) is 5.56 Å². The van der Waals surface area contributed by atoms with Gasteiger partial charge in [0.15, 0.2) is 0 Å². The van der Waals surface area contributed by atoms with Crippen molar-refractivity contribution in [1.29, 1.82) is 5.41 Å². The molecule has 2 heteroatoms. The minimum atomic E-state index is 0.0869. The zero-order valence-corrected chi connectivity index (χ0v) is 9.12. The van der Waals surface area contributed by atoms with Crippen LogP contribution in [0.25, 0.3) is 11.1 Å². The number of rotatable bonds is 2. The molecule has 0 saturated heterocycles. The number of hydrogen-bond donors (Lipinski definition) is 2. The van der Waals surface area contributed by atoms with Gasteiger partial charge in [-0.15, -0.1) is 0 Å². The van der Waals surface area contributed by atoms with E-state index in [1.165, 1.54) is 5.56 Å². The summed E-state index contributed by atoms with van der Waals surface area (Å²) in [5, 5.41) is 7.41. The molecule has 0 saturated carbocycles. The maximum atomic E-state index is 7.41. The molecular weight excluding hydrogens is 196 g/mol. The first-order chi connectivity index (χ1) is 7.68. The molecule has 0 heterocycles. The Balaban J connectivity index is 2.53. The number of aryl methyl sites for hydroxylation is 1. The van der Waals surface area contributed by atoms with Crippen molar-refractivity contribution in [3.05, 3.63) is 59.7 Å². The summed E-state index contributed by atoms with van der Waals surface area (Å²) in [4.78, 5) is 0. The Bertz CT molecular complexity index is 530. The molecule has 0 unspecified atom stereocenters. The van der Waals surface area contributed by atoms with E-state index in [0.29, 0.717) is 0 Å². The van der Waals surface area contributed by atoms with Crippen LogP contribution in [0.2, 0.25) is 0 Å². The molecule has 1 radical (unpaired) electrons. The number of nitrogens with two attached hydrogens (primary N) is 1. The minimum absolute atomic E-state index is 0.0869. The van der Waals surface area contributed by atoms with Gasteiger partial charge in [0.1, 0.15) is 5.84 Å². The lowest BCUT2D eigenvalue weighted by Crippen LogP contribution is -2.10. The Labute approximate surface area is 95.2 Å². The van der Waals surface area contributed by atoms with Crippen LogP contribution in [0, 0.1) is 18.4 Å². The van der Waals surface area contributed by atoms with Crippen LogP contribution in [-0.4, -0.2) is 5.84 Å². The average molecular weight is 209 g/mol. The molecule has 3 N–H and O–H groups in total. The first-order valence-corrected chi connectivity index (χ1v) is 5.10. The second kappa shape index (κ2) is 4.19. The van der Waals surface area contributed by atoms with Crippen LogP contribution in [0.4, 0.5) is 0 Å². The SMILES string of the molecule is Cc1ccccc1-c1[c]ccc(C(=N)N)c1. The van der Waals surface area contributed by atoms with Crippen molar-refractivity contribution in [2.45, 2.75) is 6.92 Å². The fourth-order valence-electron chi connectivity index (χ4n) is 1.66. The largest absolute Gasteiger partial charge is 0.384 e. The van der Waals surface area contributed by atoms with E-state index < -0.39 is 0 Å². The van der Waals surface area contributed by atoms with Crippen molar-refractivity contribution < 1.29 is 0 Å². The summed E-state index contributed by atoms with van der Waals surface area (Å²) in [6.45, 7) is 2.06. The van der Waals surface area contributed by atoms with Crippen LogP contribution < -0.4 is 5.73 Å². The van der Waals surface area contributed by atoms with Crippen LogP contribution in [0.5, 0.6) is 0 Å². The van der Waals surface area contributed by atoms with Crippen molar-refractivity contribution in [2.75, 3.05) is 0 Å². The highest BCUT2D eigenvalue weighted by Gasteiger charge is 2.03. The van der Waals surface area contributed by atoms with E-state index in [0.717, 1.165) is 16.7 Å². The lowest BCUT2D eigenvalue weighted by atomic mass is 9.99. The van der Waals surface area contributed by atoms with Gasteiger partial charge < -0.3 is 5.73 Å². The fourth-order valence-corrected chi connectivity index (χ4v) is 1.66. The molecule has 79 valence electrons. The minimum Gasteiger partial charge on any atom is -0.384 e. The predicted octanol–water partition coefficient (Wildman–Crippen LogP) is 2.75. The molecule has 16 heavy (non-hydrogen) atoms. The zero-order valence-electron chi connectivity index (χ0n) is 9.12. The van der Waals surface area contributed by atoms with Crippen molar-refractivity contribution in [3.63, 3.8) is 0 Å². The summed E-state index contributed by atoms with van der Waals surface area (Å²) in [5.74, 6) is 0.0869. The van der Waals surface area contributed by atoms with Crippen LogP contribution in [-0.2, 0) is 0 Å². The predicted molar refractivity (Wildman–Crippen MR) is 66.5 cm³/mol. The molecule has 0 amide bonds. The third-order valence-electron chi connectivity index (χ3n) is 2.55. The molecule has 0 aliphatic heterocycles. The second-order valence-electron chi connectivity index (χ2n) is 3.72. The quantitative estimate of drug-likeness (QED) is 0.580. The summed E-state index contributed by atoms with van der Waals surface area (Å²) in [6, 6.07) is 16.8. The maximum Gasteiger partial charge on any atom is 0.122 e. The first-order valence-electron chi connectivity index (χ1n) is 5.10. The monoisotopic (exact) mass is 209 g/mol. The molecule has 0 aromatic heterocycles. The number of amidine groups is 1. The maximum absolute atomic E-state index is 7.41. The standard InChI is InChI=1S/C14H13N2/c1-10-5-2-3-8-13(10)11-6-4-7-12(9-11)14(15)16/h2-5,7-9H,1H3,(H3,15,16). The van der Waals surface area contributed by atoms with Crippen molar-refractivity contribution in [1.82, 2.24) is 0 Å². The Morgan fingerprint density at radius 2 is 2.00 bits per heavy atom. The summed E-state index contributed by atoms with van der Waals surface area (Å²) in [6.07, 6.45) is 0. The van der Waals surface area contributed by atoms with Crippen LogP contribution in [0.1, 0.15) is 11.1 Å². The normalized spacial score (nSPS) is 10.1. The third-order valence-corrected chi connectivity index (χ3v) is 2.55. The van der Waals surface area contributed by atoms with Gasteiger partial charge in [0.05, 0.1) is 0 Å². The van der Waals surface area contributed by atoms with Crippen molar-refractivity contribution >= 4 is 5.84 Å². The number of benzene rings is 2. The summed E-state index contributed by atoms with van der Waals surface area (Å²) in [7, 11) is 0. The molecule has 0 bridgehead atoms. The Morgan fingerprint density at radius 3 is 2.69 bits per heavy atom. The molecule has 2 aromatic rings. The van der Waals surface area contributed by atoms with Gasteiger partial charge in [-0.05, 0) is 35.7 Å². The molecule has 0 aliphatic rings. The molecule has 0 spiro atoms. The van der Waals surface area contributed by atoms with Gasteiger partial charge in [-0.1, -0.05) is 36.4 Å². The van der Waals surface area contributed by atoms with Gasteiger partial charge in [-0.3, -0.25) is 5.41 Å². The van der Waals surface area contributed by atoms with Gasteiger partial charge in [-0.25, -0.2) is 0 Å². The third kappa shape index (κ3) is 1.96. The Kier molecular flexibility index (Phi) is 2.73. The van der Waals surface area contributed by atoms with E-state index in [2.05, 4.69) is 19.1 Å². The molecule has 0 atom stereocenters. The smallest absolute Gasteiger partial charge is 0.122 e. The Morgan fingerprint density at radius 1 is 1.25 bits per heavy atom. The van der Waals surface area contributed by atoms with E-state index in [-0.39, 0.29) is 5.84 Å². The first kappa shape index (κ1) is 10.4. The molecule has 2 aromatic carbocycles. The van der Waals surface area contributed by atoms with E-state index in [1.54, 1.807) is 12.1 Å². The van der Waals surface area contributed by atoms with E-state index in [9.17, 15) is 0 Å². The fraction of sp³-hybridized carbons (Fsp3) is 0.0714. The van der Waals surface area contributed by atoms with Crippen LogP contribution >= 0.6 is 0 Å². The number of hydrogen-bond acceptors (Lipinski definition) is 1. The lowest BCUT2D eigenvalue weighted by Gasteiger charge is -2.06. The van der Waals surface area contributed by atoms with E-state index >= 15 is 0 Å². The highest BCUT2D eigenvalue weighted by molar-refractivity contribution is 5.96. The van der Waals surface area contributed by atoms with Crippen LogP contribution in [0.3, 0.4) is 0 Å². The van der Waals surface area contributed by atoms with Crippen molar-refractivity contribution in [2.24, 2.45) is 5.73 Å². The topological polar surface area (TPSA) is 49.9 Å². The molecule has 0 aliphatic carbocycles. The summed E-state index contributed by atoms with van der Waals surface area (Å²) >= 11 is 0. The highest BCUT2D eigenvalue weighted by atomic mass is 14.7. The van der Waals surface area contributed by atoms with Crippen molar-refractivity contribution in [3.8, 4) is 11.1 Å². The molecule has 0 fully saturated rings. The van der Waals surface area contributed by atoms with Gasteiger partial charge in [0.25, 0.3) is 0 Å². The molecular formula is C14H13N2. The van der Waals surface area contributed by atoms with E-state index in [1.807, 2.05) is 24.3 Å². The van der Waals surface area contributed by atoms with E-state index in [4.69, 9.17) is 11.1 Å². The molecule has 2 rings (SSSR count). The van der Waals surface area contributed by atoms with Gasteiger partial charge in [0.2, 0.25) is 0 Å². The summed E-state index contributed by atoms with van der Waals surface area (Å²) in [5.41, 5.74) is 9.50. The number of nitrogen functional groups attached to an aromatic ring is 1. The van der Waals surface area contributed by atoms with Gasteiger partial charge >= 0.3 is 0 Å². The molecule has 2 nitrogen and oxygen atoms in total. The van der Waals surface area contributed by atoms with Gasteiger partial charge in [-0.2, -0.15) is 0 Å². The second-order valence-corrected chi connectivity index (χ2v) is 3.72. The average Bonchev–Trinajstić information content (AvgIpc) is 2.30. The lowest BCUT2D eigenvalue weighted by molar-refractivity contribution is 1.41. The number of nitrogens with one attached hydrogen (secondary N) is 1. The summed E-state index contributed by atoms with van der Waals surface area (Å²) < 4.78 is 0. The Hall–Kier alpha value is -2.09. The highest BCUT2D eigenvalue weighted by Crippen LogP contribution is 2.23.